The van der Waals surface area contributed by atoms with Crippen molar-refractivity contribution < 1.29 is 23.1 Å². The third kappa shape index (κ3) is 3.90. The summed E-state index contributed by atoms with van der Waals surface area (Å²) >= 11 is 0. The number of hydrogen-bond acceptors (Lipinski definition) is 2. The minimum atomic E-state index is -4.42. The van der Waals surface area contributed by atoms with Gasteiger partial charge in [0.25, 0.3) is 0 Å². The molecule has 0 amide bonds. The van der Waals surface area contributed by atoms with E-state index in [1.807, 2.05) is 0 Å². The Balaban J connectivity index is 0.00000256. The van der Waals surface area contributed by atoms with Crippen LogP contribution in [0.5, 0.6) is 0 Å². The molecule has 3 nitrogen and oxygen atoms in total. The average Bonchev–Trinajstić information content (AvgIpc) is 2.17. The van der Waals surface area contributed by atoms with Gasteiger partial charge in [-0.3, -0.25) is 4.79 Å². The van der Waals surface area contributed by atoms with Crippen LogP contribution < -0.4 is 5.73 Å². The molecule has 1 unspecified atom stereocenters. The molecule has 0 saturated carbocycles. The Kier molecular flexibility index (Phi) is 5.44. The molecule has 0 spiro atoms. The van der Waals surface area contributed by atoms with Crippen LogP contribution in [0, 0.1) is 0 Å². The number of nitrogens with two attached hydrogens (primary N) is 1. The summed E-state index contributed by atoms with van der Waals surface area (Å²) in [6.07, 6.45) is -4.42. The first-order valence-electron chi connectivity index (χ1n) is 4.46. The van der Waals surface area contributed by atoms with E-state index in [0.29, 0.717) is 0 Å². The van der Waals surface area contributed by atoms with Crippen LogP contribution in [0.4, 0.5) is 13.2 Å². The fraction of sp³-hybridized carbons (Fsp3) is 0.300. The minimum Gasteiger partial charge on any atom is -0.481 e. The Hall–Kier alpha value is -1.27. The number of carboxylic acid groups (broad SMARTS) is 1. The number of rotatable bonds is 3. The lowest BCUT2D eigenvalue weighted by Crippen LogP contribution is -2.21. The molecule has 0 heterocycles. The van der Waals surface area contributed by atoms with Crippen molar-refractivity contribution in [2.24, 2.45) is 5.73 Å². The lowest BCUT2D eigenvalue weighted by atomic mass is 9.98. The first-order valence-corrected chi connectivity index (χ1v) is 4.46. The van der Waals surface area contributed by atoms with Gasteiger partial charge in [0.1, 0.15) is 0 Å². The first kappa shape index (κ1) is 15.7. The van der Waals surface area contributed by atoms with Crippen LogP contribution in [0.15, 0.2) is 24.3 Å². The topological polar surface area (TPSA) is 63.3 Å². The SMILES string of the molecule is Cl.NCC(C(=O)O)c1ccc(C(F)(F)F)cc1. The maximum Gasteiger partial charge on any atom is 0.416 e. The van der Waals surface area contributed by atoms with Crippen molar-refractivity contribution in [3.8, 4) is 0 Å². The normalized spacial score (nSPS) is 12.7. The molecule has 0 saturated heterocycles. The Bertz CT molecular complexity index is 378. The molecule has 3 N–H and O–H groups in total. The Labute approximate surface area is 102 Å². The molecule has 0 aliphatic heterocycles. The van der Waals surface area contributed by atoms with Gasteiger partial charge in [0.15, 0.2) is 0 Å². The van der Waals surface area contributed by atoms with Gasteiger partial charge in [0.05, 0.1) is 11.5 Å². The van der Waals surface area contributed by atoms with E-state index in [9.17, 15) is 18.0 Å². The summed E-state index contributed by atoms with van der Waals surface area (Å²) in [5, 5.41) is 8.75. The molecule has 1 aromatic carbocycles. The van der Waals surface area contributed by atoms with E-state index in [4.69, 9.17) is 10.8 Å². The Morgan fingerprint density at radius 3 is 2.06 bits per heavy atom. The second-order valence-corrected chi connectivity index (χ2v) is 3.25. The molecule has 17 heavy (non-hydrogen) atoms. The molecule has 1 atom stereocenters. The summed E-state index contributed by atoms with van der Waals surface area (Å²) in [6.45, 7) is -0.152. The lowest BCUT2D eigenvalue weighted by Gasteiger charge is -2.11. The van der Waals surface area contributed by atoms with Gasteiger partial charge in [-0.2, -0.15) is 13.2 Å². The highest BCUT2D eigenvalue weighted by Gasteiger charge is 2.30. The second kappa shape index (κ2) is 5.88. The third-order valence-electron chi connectivity index (χ3n) is 2.17. The predicted molar refractivity (Wildman–Crippen MR) is 58.1 cm³/mol. The Morgan fingerprint density at radius 2 is 1.76 bits per heavy atom. The van der Waals surface area contributed by atoms with Gasteiger partial charge >= 0.3 is 12.1 Å². The molecule has 0 fully saturated rings. The summed E-state index contributed by atoms with van der Waals surface area (Å²) < 4.78 is 36.7. The molecule has 7 heteroatoms. The molecule has 0 bridgehead atoms. The standard InChI is InChI=1S/C10H10F3NO2.ClH/c11-10(12,13)7-3-1-6(2-4-7)8(5-14)9(15)16;/h1-4,8H,5,14H2,(H,15,16);1H. The highest BCUT2D eigenvalue weighted by molar-refractivity contribution is 5.85. The molecular weight excluding hydrogens is 259 g/mol. The van der Waals surface area contributed by atoms with E-state index in [2.05, 4.69) is 0 Å². The van der Waals surface area contributed by atoms with Gasteiger partial charge in [-0.1, -0.05) is 12.1 Å². The summed E-state index contributed by atoms with van der Waals surface area (Å²) in [7, 11) is 0. The monoisotopic (exact) mass is 269 g/mol. The summed E-state index contributed by atoms with van der Waals surface area (Å²) in [5.74, 6) is -2.12. The molecule has 0 aliphatic rings. The molecule has 1 rings (SSSR count). The van der Waals surface area contributed by atoms with Crippen molar-refractivity contribution in [3.63, 3.8) is 0 Å². The molecule has 0 aliphatic carbocycles. The zero-order valence-electron chi connectivity index (χ0n) is 8.57. The number of benzene rings is 1. The van der Waals surface area contributed by atoms with Gasteiger partial charge in [0.2, 0.25) is 0 Å². The van der Waals surface area contributed by atoms with Gasteiger partial charge in [-0.15, -0.1) is 12.4 Å². The van der Waals surface area contributed by atoms with Gasteiger partial charge in [-0.25, -0.2) is 0 Å². The quantitative estimate of drug-likeness (QED) is 0.885. The molecule has 96 valence electrons. The minimum absolute atomic E-state index is 0. The number of aliphatic carboxylic acids is 1. The van der Waals surface area contributed by atoms with Crippen molar-refractivity contribution in [2.75, 3.05) is 6.54 Å². The predicted octanol–water partition coefficient (Wildman–Crippen LogP) is 2.25. The highest BCUT2D eigenvalue weighted by Crippen LogP contribution is 2.30. The van der Waals surface area contributed by atoms with Crippen molar-refractivity contribution in [2.45, 2.75) is 12.1 Å². The molecule has 0 aromatic heterocycles. The lowest BCUT2D eigenvalue weighted by molar-refractivity contribution is -0.138. The third-order valence-corrected chi connectivity index (χ3v) is 2.17. The molecule has 1 aromatic rings. The zero-order valence-corrected chi connectivity index (χ0v) is 9.39. The van der Waals surface area contributed by atoms with Gasteiger partial charge in [0, 0.05) is 6.54 Å². The largest absolute Gasteiger partial charge is 0.481 e. The van der Waals surface area contributed by atoms with Crippen LogP contribution in [0.25, 0.3) is 0 Å². The van der Waals surface area contributed by atoms with E-state index in [1.165, 1.54) is 0 Å². The second-order valence-electron chi connectivity index (χ2n) is 3.25. The van der Waals surface area contributed by atoms with Crippen molar-refractivity contribution >= 4 is 18.4 Å². The Morgan fingerprint density at radius 1 is 1.29 bits per heavy atom. The van der Waals surface area contributed by atoms with Crippen LogP contribution in [0.3, 0.4) is 0 Å². The van der Waals surface area contributed by atoms with Crippen LogP contribution in [-0.2, 0) is 11.0 Å². The zero-order chi connectivity index (χ0) is 12.3. The highest BCUT2D eigenvalue weighted by atomic mass is 35.5. The number of hydrogen-bond donors (Lipinski definition) is 2. The average molecular weight is 270 g/mol. The van der Waals surface area contributed by atoms with Crippen molar-refractivity contribution in [3.05, 3.63) is 35.4 Å². The van der Waals surface area contributed by atoms with E-state index in [-0.39, 0.29) is 24.5 Å². The van der Waals surface area contributed by atoms with Crippen LogP contribution in [-0.4, -0.2) is 17.6 Å². The van der Waals surface area contributed by atoms with E-state index in [0.717, 1.165) is 24.3 Å². The maximum atomic E-state index is 12.2. The van der Waals surface area contributed by atoms with Gasteiger partial charge < -0.3 is 10.8 Å². The van der Waals surface area contributed by atoms with Crippen LogP contribution in [0.2, 0.25) is 0 Å². The van der Waals surface area contributed by atoms with Crippen molar-refractivity contribution in [1.82, 2.24) is 0 Å². The summed E-state index contributed by atoms with van der Waals surface area (Å²) in [4.78, 5) is 10.7. The molecular formula is C10H11ClF3NO2. The van der Waals surface area contributed by atoms with Crippen molar-refractivity contribution in [1.29, 1.82) is 0 Å². The number of alkyl halides is 3. The summed E-state index contributed by atoms with van der Waals surface area (Å²) in [5.41, 5.74) is 4.69. The molecule has 0 radical (unpaired) electrons. The fourth-order valence-electron chi connectivity index (χ4n) is 1.28. The van der Waals surface area contributed by atoms with Gasteiger partial charge in [-0.05, 0) is 17.7 Å². The van der Waals surface area contributed by atoms with Crippen LogP contribution in [0.1, 0.15) is 17.0 Å². The number of carbonyl (C=O) groups is 1. The number of carboxylic acids is 1. The van der Waals surface area contributed by atoms with Crippen LogP contribution >= 0.6 is 12.4 Å². The van der Waals surface area contributed by atoms with E-state index < -0.39 is 23.6 Å². The van der Waals surface area contributed by atoms with E-state index in [1.54, 1.807) is 0 Å². The number of halogens is 4. The first-order chi connectivity index (χ1) is 7.36. The van der Waals surface area contributed by atoms with E-state index >= 15 is 0 Å². The summed E-state index contributed by atoms with van der Waals surface area (Å²) in [6, 6.07) is 3.96. The fourth-order valence-corrected chi connectivity index (χ4v) is 1.28. The smallest absolute Gasteiger partial charge is 0.416 e. The maximum absolute atomic E-state index is 12.2.